The van der Waals surface area contributed by atoms with Crippen LogP contribution >= 0.6 is 0 Å². The number of nitrogen functional groups attached to an aromatic ring is 1. The van der Waals surface area contributed by atoms with Crippen molar-refractivity contribution in [2.75, 3.05) is 17.6 Å². The van der Waals surface area contributed by atoms with E-state index in [0.29, 0.717) is 29.1 Å². The van der Waals surface area contributed by atoms with Crippen LogP contribution in [0.5, 0.6) is 0 Å². The van der Waals surface area contributed by atoms with Crippen LogP contribution in [0.3, 0.4) is 0 Å². The third-order valence-corrected chi connectivity index (χ3v) is 2.76. The number of hydrogen-bond acceptors (Lipinski definition) is 5. The number of benzene rings is 1. The molecule has 100 valence electrons. The van der Waals surface area contributed by atoms with Gasteiger partial charge in [-0.1, -0.05) is 32.0 Å². The zero-order chi connectivity index (χ0) is 14.0. The van der Waals surface area contributed by atoms with Crippen LogP contribution in [-0.2, 0) is 0 Å². The van der Waals surface area contributed by atoms with Crippen molar-refractivity contribution < 1.29 is 4.92 Å². The SMILES string of the molecule is CC(C)CNc1c([N+](=O)[O-])c(N)nc2ccccc12. The van der Waals surface area contributed by atoms with Gasteiger partial charge in [0.1, 0.15) is 5.69 Å². The molecular weight excluding hydrogens is 244 g/mol. The van der Waals surface area contributed by atoms with Crippen molar-refractivity contribution in [3.8, 4) is 0 Å². The van der Waals surface area contributed by atoms with Crippen molar-refractivity contribution in [2.24, 2.45) is 5.92 Å². The van der Waals surface area contributed by atoms with Crippen LogP contribution in [0.15, 0.2) is 24.3 Å². The Morgan fingerprint density at radius 3 is 2.74 bits per heavy atom. The van der Waals surface area contributed by atoms with E-state index in [1.54, 1.807) is 12.1 Å². The van der Waals surface area contributed by atoms with E-state index in [2.05, 4.69) is 10.3 Å². The topological polar surface area (TPSA) is 94.1 Å². The van der Waals surface area contributed by atoms with E-state index >= 15 is 0 Å². The van der Waals surface area contributed by atoms with Crippen LogP contribution in [0, 0.1) is 16.0 Å². The maximum atomic E-state index is 11.2. The number of hydrogen-bond donors (Lipinski definition) is 2. The normalized spacial score (nSPS) is 10.9. The molecule has 0 amide bonds. The molecule has 0 aliphatic rings. The van der Waals surface area contributed by atoms with Crippen molar-refractivity contribution in [2.45, 2.75) is 13.8 Å². The van der Waals surface area contributed by atoms with Crippen LogP contribution in [0.25, 0.3) is 10.9 Å². The number of fused-ring (bicyclic) bond motifs is 1. The van der Waals surface area contributed by atoms with Gasteiger partial charge >= 0.3 is 5.69 Å². The Morgan fingerprint density at radius 1 is 1.42 bits per heavy atom. The smallest absolute Gasteiger partial charge is 0.334 e. The Morgan fingerprint density at radius 2 is 2.11 bits per heavy atom. The summed E-state index contributed by atoms with van der Waals surface area (Å²) in [5, 5.41) is 15.0. The van der Waals surface area contributed by atoms with Gasteiger partial charge in [0, 0.05) is 11.9 Å². The van der Waals surface area contributed by atoms with Gasteiger partial charge in [0.05, 0.1) is 10.4 Å². The first-order valence-electron chi connectivity index (χ1n) is 6.07. The molecule has 0 saturated carbocycles. The maximum Gasteiger partial charge on any atom is 0.334 e. The van der Waals surface area contributed by atoms with Crippen LogP contribution in [0.4, 0.5) is 17.2 Å². The summed E-state index contributed by atoms with van der Waals surface area (Å²) in [4.78, 5) is 14.8. The minimum absolute atomic E-state index is 0.0602. The molecule has 6 nitrogen and oxygen atoms in total. The molecule has 0 spiro atoms. The van der Waals surface area contributed by atoms with Crippen molar-refractivity contribution in [1.29, 1.82) is 0 Å². The second-order valence-corrected chi connectivity index (χ2v) is 4.77. The monoisotopic (exact) mass is 260 g/mol. The number of nitrogens with one attached hydrogen (secondary N) is 1. The zero-order valence-electron chi connectivity index (χ0n) is 10.9. The second kappa shape index (κ2) is 5.09. The van der Waals surface area contributed by atoms with E-state index in [-0.39, 0.29) is 11.5 Å². The molecule has 0 saturated heterocycles. The number of para-hydroxylation sites is 1. The highest BCUT2D eigenvalue weighted by atomic mass is 16.6. The molecule has 1 heterocycles. The van der Waals surface area contributed by atoms with E-state index in [0.717, 1.165) is 0 Å². The van der Waals surface area contributed by atoms with Gasteiger partial charge in [-0.2, -0.15) is 0 Å². The van der Waals surface area contributed by atoms with Crippen LogP contribution in [-0.4, -0.2) is 16.5 Å². The summed E-state index contributed by atoms with van der Waals surface area (Å²) >= 11 is 0. The van der Waals surface area contributed by atoms with Crippen molar-refractivity contribution >= 4 is 28.1 Å². The van der Waals surface area contributed by atoms with E-state index in [1.165, 1.54) is 0 Å². The molecule has 19 heavy (non-hydrogen) atoms. The van der Waals surface area contributed by atoms with Crippen molar-refractivity contribution in [3.05, 3.63) is 34.4 Å². The van der Waals surface area contributed by atoms with Crippen LogP contribution in [0.2, 0.25) is 0 Å². The molecule has 1 aromatic carbocycles. The summed E-state index contributed by atoms with van der Waals surface area (Å²) in [6, 6.07) is 7.24. The number of pyridine rings is 1. The maximum absolute atomic E-state index is 11.2. The number of nitrogens with zero attached hydrogens (tertiary/aromatic N) is 2. The van der Waals surface area contributed by atoms with Gasteiger partial charge in [-0.05, 0) is 12.0 Å². The van der Waals surface area contributed by atoms with Gasteiger partial charge in [-0.25, -0.2) is 4.98 Å². The average molecular weight is 260 g/mol. The average Bonchev–Trinajstić information content (AvgIpc) is 2.34. The predicted molar refractivity (Wildman–Crippen MR) is 76.1 cm³/mol. The minimum Gasteiger partial charge on any atom is -0.379 e. The minimum atomic E-state index is -0.489. The van der Waals surface area contributed by atoms with E-state index in [9.17, 15) is 10.1 Å². The van der Waals surface area contributed by atoms with Crippen molar-refractivity contribution in [1.82, 2.24) is 4.98 Å². The number of nitro groups is 1. The quantitative estimate of drug-likeness (QED) is 0.651. The molecule has 0 radical (unpaired) electrons. The molecule has 0 fully saturated rings. The largest absolute Gasteiger partial charge is 0.379 e. The summed E-state index contributed by atoms with van der Waals surface area (Å²) in [7, 11) is 0. The highest BCUT2D eigenvalue weighted by Gasteiger charge is 2.22. The Labute approximate surface area is 110 Å². The summed E-state index contributed by atoms with van der Waals surface area (Å²) < 4.78 is 0. The summed E-state index contributed by atoms with van der Waals surface area (Å²) in [6.45, 7) is 4.70. The number of nitrogens with two attached hydrogens (primary N) is 1. The lowest BCUT2D eigenvalue weighted by Gasteiger charge is -2.12. The van der Waals surface area contributed by atoms with Gasteiger partial charge < -0.3 is 11.1 Å². The summed E-state index contributed by atoms with van der Waals surface area (Å²) in [5.74, 6) is 0.308. The lowest BCUT2D eigenvalue weighted by molar-refractivity contribution is -0.383. The third kappa shape index (κ3) is 2.57. The van der Waals surface area contributed by atoms with Gasteiger partial charge in [-0.3, -0.25) is 10.1 Å². The fourth-order valence-electron chi connectivity index (χ4n) is 1.89. The van der Waals surface area contributed by atoms with E-state index in [1.807, 2.05) is 26.0 Å². The Hall–Kier alpha value is -2.37. The lowest BCUT2D eigenvalue weighted by atomic mass is 10.1. The Bertz CT molecular complexity index is 625. The Balaban J connectivity index is 2.65. The number of aromatic nitrogens is 1. The van der Waals surface area contributed by atoms with Gasteiger partial charge in [0.25, 0.3) is 0 Å². The molecule has 2 aromatic rings. The van der Waals surface area contributed by atoms with Crippen LogP contribution in [0.1, 0.15) is 13.8 Å². The van der Waals surface area contributed by atoms with E-state index in [4.69, 9.17) is 5.73 Å². The molecule has 0 unspecified atom stereocenters. The molecule has 0 aliphatic carbocycles. The molecule has 0 atom stereocenters. The lowest BCUT2D eigenvalue weighted by Crippen LogP contribution is -2.11. The van der Waals surface area contributed by atoms with Gasteiger partial charge in [0.2, 0.25) is 5.82 Å². The molecule has 0 bridgehead atoms. The van der Waals surface area contributed by atoms with Gasteiger partial charge in [-0.15, -0.1) is 0 Å². The molecule has 3 N–H and O–H groups in total. The number of anilines is 2. The first-order chi connectivity index (χ1) is 9.00. The third-order valence-electron chi connectivity index (χ3n) is 2.76. The second-order valence-electron chi connectivity index (χ2n) is 4.77. The molecule has 1 aromatic heterocycles. The fraction of sp³-hybridized carbons (Fsp3) is 0.308. The standard InChI is InChI=1S/C13H16N4O2/c1-8(2)7-15-11-9-5-3-4-6-10(9)16-13(14)12(11)17(18)19/h3-6,8H,7H2,1-2H3,(H3,14,15,16). The van der Waals surface area contributed by atoms with E-state index < -0.39 is 4.92 Å². The molecular formula is C13H16N4O2. The molecule has 6 heteroatoms. The first kappa shape index (κ1) is 13.1. The summed E-state index contributed by atoms with van der Waals surface area (Å²) in [5.41, 5.74) is 6.64. The molecule has 0 aliphatic heterocycles. The van der Waals surface area contributed by atoms with Gasteiger partial charge in [0.15, 0.2) is 0 Å². The summed E-state index contributed by atoms with van der Waals surface area (Å²) in [6.07, 6.45) is 0. The highest BCUT2D eigenvalue weighted by molar-refractivity contribution is 5.99. The first-order valence-corrected chi connectivity index (χ1v) is 6.07. The predicted octanol–water partition coefficient (Wildman–Crippen LogP) is 2.79. The molecule has 2 rings (SSSR count). The Kier molecular flexibility index (Phi) is 3.50. The number of rotatable bonds is 4. The zero-order valence-corrected chi connectivity index (χ0v) is 10.9. The fourth-order valence-corrected chi connectivity index (χ4v) is 1.89. The highest BCUT2D eigenvalue weighted by Crippen LogP contribution is 2.36. The van der Waals surface area contributed by atoms with Crippen LogP contribution < -0.4 is 11.1 Å². The van der Waals surface area contributed by atoms with Crippen molar-refractivity contribution in [3.63, 3.8) is 0 Å².